The third-order valence-electron chi connectivity index (χ3n) is 3.07. The zero-order valence-electron chi connectivity index (χ0n) is 10.9. The number of allylic oxidation sites excluding steroid dienone is 2. The van der Waals surface area contributed by atoms with E-state index in [0.717, 1.165) is 28.9 Å². The van der Waals surface area contributed by atoms with E-state index in [-0.39, 0.29) is 0 Å². The van der Waals surface area contributed by atoms with Gasteiger partial charge in [-0.3, -0.25) is 4.99 Å². The molecule has 1 aromatic carbocycles. The molecule has 1 aliphatic rings. The van der Waals surface area contributed by atoms with Crippen molar-refractivity contribution in [2.75, 3.05) is 0 Å². The Labute approximate surface area is 113 Å². The summed E-state index contributed by atoms with van der Waals surface area (Å²) in [6.07, 6.45) is 2.88. The van der Waals surface area contributed by atoms with Gasteiger partial charge in [-0.2, -0.15) is 0 Å². The summed E-state index contributed by atoms with van der Waals surface area (Å²) < 4.78 is 0. The molecule has 0 bridgehead atoms. The van der Waals surface area contributed by atoms with Crippen LogP contribution in [0.3, 0.4) is 0 Å². The summed E-state index contributed by atoms with van der Waals surface area (Å²) in [6.45, 7) is 6.15. The van der Waals surface area contributed by atoms with Gasteiger partial charge in [-0.15, -0.1) is 0 Å². The average molecular weight is 261 g/mol. The van der Waals surface area contributed by atoms with Crippen LogP contribution in [0.25, 0.3) is 0 Å². The van der Waals surface area contributed by atoms with Crippen LogP contribution in [-0.4, -0.2) is 11.4 Å². The molecule has 0 aliphatic carbocycles. The summed E-state index contributed by atoms with van der Waals surface area (Å²) in [5, 5.41) is 0.561. The normalized spacial score (nSPS) is 20.4. The minimum Gasteiger partial charge on any atom is -0.265 e. The molecule has 1 aliphatic heterocycles. The number of nitrogens with zero attached hydrogens (tertiary/aromatic N) is 2. The minimum atomic E-state index is 0.421. The Bertz CT molecular complexity index is 541. The molecular formula is C15H17ClN2. The van der Waals surface area contributed by atoms with Gasteiger partial charge in [-0.1, -0.05) is 36.7 Å². The first-order valence-corrected chi connectivity index (χ1v) is 6.50. The van der Waals surface area contributed by atoms with Gasteiger partial charge in [0.15, 0.2) is 0 Å². The second-order valence-corrected chi connectivity index (χ2v) is 5.07. The van der Waals surface area contributed by atoms with Crippen molar-refractivity contribution in [3.8, 4) is 0 Å². The lowest BCUT2D eigenvalue weighted by atomic mass is 9.99. The second-order valence-electron chi connectivity index (χ2n) is 4.71. The Hall–Kier alpha value is -1.41. The number of halogens is 1. The highest BCUT2D eigenvalue weighted by Gasteiger charge is 2.16. The largest absolute Gasteiger partial charge is 0.265 e. The molecule has 2 rings (SSSR count). The van der Waals surface area contributed by atoms with Crippen LogP contribution in [0.2, 0.25) is 0 Å². The van der Waals surface area contributed by atoms with Crippen molar-refractivity contribution in [2.45, 2.75) is 27.2 Å². The molecule has 0 saturated heterocycles. The van der Waals surface area contributed by atoms with Crippen molar-refractivity contribution in [1.29, 1.82) is 0 Å². The number of benzene rings is 1. The Balaban J connectivity index is 2.35. The van der Waals surface area contributed by atoms with Crippen molar-refractivity contribution in [3.63, 3.8) is 0 Å². The first kappa shape index (κ1) is 13.0. The van der Waals surface area contributed by atoms with E-state index < -0.39 is 0 Å². The number of para-hydroxylation sites is 1. The van der Waals surface area contributed by atoms with E-state index in [4.69, 9.17) is 11.6 Å². The zero-order valence-corrected chi connectivity index (χ0v) is 11.7. The maximum absolute atomic E-state index is 6.34. The Kier molecular flexibility index (Phi) is 3.97. The summed E-state index contributed by atoms with van der Waals surface area (Å²) in [5.41, 5.74) is 4.07. The molecule has 0 aromatic heterocycles. The molecule has 2 nitrogen and oxygen atoms in total. The molecule has 0 amide bonds. The van der Waals surface area contributed by atoms with Gasteiger partial charge in [0.05, 0.1) is 5.69 Å². The topological polar surface area (TPSA) is 24.7 Å². The lowest BCUT2D eigenvalue weighted by Crippen LogP contribution is -2.09. The van der Waals surface area contributed by atoms with Gasteiger partial charge in [0.2, 0.25) is 0 Å². The second kappa shape index (κ2) is 5.49. The van der Waals surface area contributed by atoms with Crippen LogP contribution in [0, 0.1) is 12.8 Å². The fraction of sp³-hybridized carbons (Fsp3) is 0.333. The predicted molar refractivity (Wildman–Crippen MR) is 79.1 cm³/mol. The highest BCUT2D eigenvalue weighted by atomic mass is 35.5. The average Bonchev–Trinajstić information content (AvgIpc) is 2.35. The first-order chi connectivity index (χ1) is 8.58. The number of aryl methyl sites for hydroxylation is 1. The van der Waals surface area contributed by atoms with E-state index in [1.165, 1.54) is 0 Å². The lowest BCUT2D eigenvalue weighted by molar-refractivity contribution is 0.769. The van der Waals surface area contributed by atoms with Crippen molar-refractivity contribution >= 4 is 28.7 Å². The molecular weight excluding hydrogens is 244 g/mol. The van der Waals surface area contributed by atoms with E-state index in [1.807, 2.05) is 44.3 Å². The Morgan fingerprint density at radius 1 is 1.33 bits per heavy atom. The summed E-state index contributed by atoms with van der Waals surface area (Å²) >= 11 is 6.34. The molecule has 1 aromatic rings. The molecule has 0 N–H and O–H groups in total. The van der Waals surface area contributed by atoms with E-state index >= 15 is 0 Å². The maximum atomic E-state index is 6.34. The van der Waals surface area contributed by atoms with E-state index in [2.05, 4.69) is 16.9 Å². The van der Waals surface area contributed by atoms with Crippen molar-refractivity contribution < 1.29 is 0 Å². The monoisotopic (exact) mass is 260 g/mol. The van der Waals surface area contributed by atoms with Gasteiger partial charge in [-0.05, 0) is 37.8 Å². The van der Waals surface area contributed by atoms with Crippen molar-refractivity contribution in [3.05, 3.63) is 41.1 Å². The third-order valence-corrected chi connectivity index (χ3v) is 3.38. The molecule has 94 valence electrons. The lowest BCUT2D eigenvalue weighted by Gasteiger charge is -2.16. The van der Waals surface area contributed by atoms with Gasteiger partial charge < -0.3 is 0 Å². The van der Waals surface area contributed by atoms with Crippen LogP contribution in [0.1, 0.15) is 25.8 Å². The van der Waals surface area contributed by atoms with E-state index in [1.54, 1.807) is 0 Å². The quantitative estimate of drug-likeness (QED) is 0.692. The van der Waals surface area contributed by atoms with Gasteiger partial charge in [0, 0.05) is 17.5 Å². The fourth-order valence-corrected chi connectivity index (χ4v) is 2.24. The molecule has 0 radical (unpaired) electrons. The number of hydrogen-bond acceptors (Lipinski definition) is 2. The molecule has 0 spiro atoms. The molecule has 1 atom stereocenters. The van der Waals surface area contributed by atoms with Gasteiger partial charge in [-0.25, -0.2) is 4.99 Å². The number of hydrogen-bond donors (Lipinski definition) is 0. The SMILES string of the molecule is CC1=C(C(Cl)=Nc2ccccc2C)CC(C)C=N1. The fourth-order valence-electron chi connectivity index (χ4n) is 1.93. The summed E-state index contributed by atoms with van der Waals surface area (Å²) in [7, 11) is 0. The number of rotatable bonds is 2. The molecule has 3 heteroatoms. The maximum Gasteiger partial charge on any atom is 0.134 e. The van der Waals surface area contributed by atoms with E-state index in [0.29, 0.717) is 11.1 Å². The Morgan fingerprint density at radius 2 is 2.06 bits per heavy atom. The van der Waals surface area contributed by atoms with Crippen LogP contribution in [-0.2, 0) is 0 Å². The van der Waals surface area contributed by atoms with Gasteiger partial charge >= 0.3 is 0 Å². The smallest absolute Gasteiger partial charge is 0.134 e. The van der Waals surface area contributed by atoms with Gasteiger partial charge in [0.25, 0.3) is 0 Å². The van der Waals surface area contributed by atoms with Crippen LogP contribution in [0.15, 0.2) is 45.5 Å². The highest BCUT2D eigenvalue weighted by molar-refractivity contribution is 6.70. The molecule has 0 fully saturated rings. The van der Waals surface area contributed by atoms with Gasteiger partial charge in [0.1, 0.15) is 5.17 Å². The summed E-state index contributed by atoms with van der Waals surface area (Å²) in [5.74, 6) is 0.421. The van der Waals surface area contributed by atoms with Crippen LogP contribution in [0.4, 0.5) is 5.69 Å². The van der Waals surface area contributed by atoms with Crippen LogP contribution < -0.4 is 0 Å². The summed E-state index contributed by atoms with van der Waals surface area (Å²) in [4.78, 5) is 8.88. The molecule has 1 unspecified atom stereocenters. The van der Waals surface area contributed by atoms with Crippen molar-refractivity contribution in [1.82, 2.24) is 0 Å². The van der Waals surface area contributed by atoms with Crippen LogP contribution >= 0.6 is 11.6 Å². The summed E-state index contributed by atoms with van der Waals surface area (Å²) in [6, 6.07) is 7.98. The zero-order chi connectivity index (χ0) is 13.1. The molecule has 1 heterocycles. The van der Waals surface area contributed by atoms with Crippen LogP contribution in [0.5, 0.6) is 0 Å². The molecule has 0 saturated carbocycles. The molecule has 18 heavy (non-hydrogen) atoms. The highest BCUT2D eigenvalue weighted by Crippen LogP contribution is 2.26. The standard InChI is InChI=1S/C15H17ClN2/c1-10-8-13(12(3)17-9-10)15(16)18-14-7-5-4-6-11(14)2/h4-7,9-10H,8H2,1-3H3. The van der Waals surface area contributed by atoms with Crippen molar-refractivity contribution in [2.24, 2.45) is 15.9 Å². The minimum absolute atomic E-state index is 0.421. The predicted octanol–water partition coefficient (Wildman–Crippen LogP) is 4.65. The number of aliphatic imine (C=N–C) groups is 2. The van der Waals surface area contributed by atoms with E-state index in [9.17, 15) is 0 Å². The third kappa shape index (κ3) is 2.88. The first-order valence-electron chi connectivity index (χ1n) is 6.12. The Morgan fingerprint density at radius 3 is 2.78 bits per heavy atom.